The molecule has 0 aromatic carbocycles. The molecule has 1 saturated carbocycles. The molecule has 1 rings (SSSR count). The van der Waals surface area contributed by atoms with Gasteiger partial charge in [0, 0.05) is 18.6 Å². The van der Waals surface area contributed by atoms with Crippen molar-refractivity contribution in [1.29, 1.82) is 0 Å². The predicted molar refractivity (Wildman–Crippen MR) is 62.5 cm³/mol. The quantitative estimate of drug-likeness (QED) is 0.714. The van der Waals surface area contributed by atoms with Crippen molar-refractivity contribution < 1.29 is 5.11 Å². The van der Waals surface area contributed by atoms with Crippen LogP contribution in [0.25, 0.3) is 0 Å². The van der Waals surface area contributed by atoms with E-state index in [1.54, 1.807) is 0 Å². The van der Waals surface area contributed by atoms with Gasteiger partial charge in [0.15, 0.2) is 0 Å². The van der Waals surface area contributed by atoms with Gasteiger partial charge in [0.25, 0.3) is 0 Å². The molecule has 0 saturated heterocycles. The van der Waals surface area contributed by atoms with E-state index in [2.05, 4.69) is 18.7 Å². The number of hydrogen-bond donors (Lipinski definition) is 1. The minimum Gasteiger partial charge on any atom is -0.396 e. The van der Waals surface area contributed by atoms with Crippen molar-refractivity contribution in [2.24, 2.45) is 5.41 Å². The van der Waals surface area contributed by atoms with Crippen molar-refractivity contribution in [3.05, 3.63) is 0 Å². The number of nitrogens with zero attached hydrogens (tertiary/aromatic N) is 1. The van der Waals surface area contributed by atoms with Gasteiger partial charge in [-0.25, -0.2) is 0 Å². The summed E-state index contributed by atoms with van der Waals surface area (Å²) < 4.78 is 0. The molecule has 0 heterocycles. The molecule has 0 atom stereocenters. The lowest BCUT2D eigenvalue weighted by Crippen LogP contribution is -2.32. The van der Waals surface area contributed by atoms with E-state index in [-0.39, 0.29) is 0 Å². The summed E-state index contributed by atoms with van der Waals surface area (Å²) in [5.74, 6) is 0. The first-order valence-corrected chi connectivity index (χ1v) is 6.09. The number of rotatable bonds is 6. The minimum atomic E-state index is 0.297. The normalized spacial score (nSPS) is 17.6. The first-order valence-electron chi connectivity index (χ1n) is 6.09. The van der Waals surface area contributed by atoms with Crippen molar-refractivity contribution in [3.8, 4) is 0 Å². The van der Waals surface area contributed by atoms with E-state index >= 15 is 0 Å². The molecule has 0 aromatic rings. The van der Waals surface area contributed by atoms with E-state index in [4.69, 9.17) is 5.11 Å². The fourth-order valence-corrected chi connectivity index (χ4v) is 1.68. The first-order chi connectivity index (χ1) is 6.76. The van der Waals surface area contributed by atoms with Crippen LogP contribution >= 0.6 is 0 Å². The second-order valence-corrected chi connectivity index (χ2v) is 4.03. The van der Waals surface area contributed by atoms with Gasteiger partial charge in [-0.3, -0.25) is 0 Å². The van der Waals surface area contributed by atoms with Crippen molar-refractivity contribution in [3.63, 3.8) is 0 Å². The van der Waals surface area contributed by atoms with E-state index in [1.807, 2.05) is 13.8 Å². The third kappa shape index (κ3) is 4.43. The SMILES string of the molecule is CC.CCCN(CC)CC1(CO)CC1. The topological polar surface area (TPSA) is 23.5 Å². The van der Waals surface area contributed by atoms with Gasteiger partial charge >= 0.3 is 0 Å². The Balaban J connectivity index is 0.000000791. The van der Waals surface area contributed by atoms with E-state index in [0.29, 0.717) is 12.0 Å². The molecular weight excluding hydrogens is 174 g/mol. The summed E-state index contributed by atoms with van der Waals surface area (Å²) in [6.07, 6.45) is 3.67. The van der Waals surface area contributed by atoms with Crippen molar-refractivity contribution >= 4 is 0 Å². The second kappa shape index (κ2) is 7.24. The Morgan fingerprint density at radius 1 is 1.21 bits per heavy atom. The summed E-state index contributed by atoms with van der Waals surface area (Å²) in [5, 5.41) is 9.14. The van der Waals surface area contributed by atoms with Crippen LogP contribution in [0.15, 0.2) is 0 Å². The predicted octanol–water partition coefficient (Wildman–Crippen LogP) is 2.52. The van der Waals surface area contributed by atoms with E-state index in [0.717, 1.165) is 13.1 Å². The van der Waals surface area contributed by atoms with Gasteiger partial charge in [0.2, 0.25) is 0 Å². The van der Waals surface area contributed by atoms with Crippen LogP contribution in [0.5, 0.6) is 0 Å². The Kier molecular flexibility index (Phi) is 7.20. The van der Waals surface area contributed by atoms with E-state index < -0.39 is 0 Å². The standard InChI is InChI=1S/C10H21NO.C2H6/c1-3-7-11(4-2)8-10(9-12)5-6-10;1-2/h12H,3-9H2,1-2H3;1-2H3. The molecule has 0 aliphatic heterocycles. The van der Waals surface area contributed by atoms with Crippen molar-refractivity contribution in [2.75, 3.05) is 26.2 Å². The maximum atomic E-state index is 9.14. The van der Waals surface area contributed by atoms with Gasteiger partial charge in [0.05, 0.1) is 0 Å². The Labute approximate surface area is 89.3 Å². The minimum absolute atomic E-state index is 0.297. The summed E-state index contributed by atoms with van der Waals surface area (Å²) in [5.41, 5.74) is 0.297. The number of hydrogen-bond acceptors (Lipinski definition) is 2. The fraction of sp³-hybridized carbons (Fsp3) is 1.00. The highest BCUT2D eigenvalue weighted by Crippen LogP contribution is 2.45. The van der Waals surface area contributed by atoms with Crippen LogP contribution in [-0.2, 0) is 0 Å². The zero-order chi connectivity index (χ0) is 11.0. The zero-order valence-electron chi connectivity index (χ0n) is 10.3. The maximum absolute atomic E-state index is 9.14. The summed E-state index contributed by atoms with van der Waals surface area (Å²) >= 11 is 0. The van der Waals surface area contributed by atoms with Gasteiger partial charge < -0.3 is 10.0 Å². The molecular formula is C12H27NO. The van der Waals surface area contributed by atoms with Crippen molar-refractivity contribution in [1.82, 2.24) is 4.90 Å². The summed E-state index contributed by atoms with van der Waals surface area (Å²) in [4.78, 5) is 2.45. The van der Waals surface area contributed by atoms with Crippen LogP contribution in [0.2, 0.25) is 0 Å². The monoisotopic (exact) mass is 201 g/mol. The van der Waals surface area contributed by atoms with Crippen molar-refractivity contribution in [2.45, 2.75) is 47.0 Å². The largest absolute Gasteiger partial charge is 0.396 e. The summed E-state index contributed by atoms with van der Waals surface area (Å²) in [6.45, 7) is 12.2. The zero-order valence-corrected chi connectivity index (χ0v) is 10.3. The lowest BCUT2D eigenvalue weighted by molar-refractivity contribution is 0.152. The first kappa shape index (κ1) is 13.9. The van der Waals surface area contributed by atoms with E-state index in [9.17, 15) is 0 Å². The molecule has 0 bridgehead atoms. The van der Waals surface area contributed by atoms with Gasteiger partial charge in [-0.2, -0.15) is 0 Å². The molecule has 86 valence electrons. The fourth-order valence-electron chi connectivity index (χ4n) is 1.68. The average Bonchev–Trinajstić information content (AvgIpc) is 3.01. The maximum Gasteiger partial charge on any atom is 0.0499 e. The van der Waals surface area contributed by atoms with Gasteiger partial charge in [0.1, 0.15) is 0 Å². The van der Waals surface area contributed by atoms with Crippen LogP contribution in [0, 0.1) is 5.41 Å². The Morgan fingerprint density at radius 2 is 1.79 bits per heavy atom. The van der Waals surface area contributed by atoms with Gasteiger partial charge in [-0.1, -0.05) is 27.7 Å². The lowest BCUT2D eigenvalue weighted by Gasteiger charge is -2.24. The molecule has 2 nitrogen and oxygen atoms in total. The summed E-state index contributed by atoms with van der Waals surface area (Å²) in [6, 6.07) is 0. The molecule has 0 unspecified atom stereocenters. The molecule has 1 aliphatic carbocycles. The molecule has 14 heavy (non-hydrogen) atoms. The van der Waals surface area contributed by atoms with Crippen LogP contribution in [-0.4, -0.2) is 36.2 Å². The molecule has 0 aromatic heterocycles. The highest BCUT2D eigenvalue weighted by Gasteiger charge is 2.42. The molecule has 1 aliphatic rings. The molecule has 2 heteroatoms. The molecule has 0 amide bonds. The Hall–Kier alpha value is -0.0800. The average molecular weight is 201 g/mol. The third-order valence-corrected chi connectivity index (χ3v) is 2.84. The van der Waals surface area contributed by atoms with Gasteiger partial charge in [-0.15, -0.1) is 0 Å². The highest BCUT2D eigenvalue weighted by molar-refractivity contribution is 4.94. The number of aliphatic hydroxyl groups excluding tert-OH is 1. The second-order valence-electron chi connectivity index (χ2n) is 4.03. The number of aliphatic hydroxyl groups is 1. The van der Waals surface area contributed by atoms with Gasteiger partial charge in [-0.05, 0) is 32.4 Å². The van der Waals surface area contributed by atoms with E-state index in [1.165, 1.54) is 25.8 Å². The Morgan fingerprint density at radius 3 is 2.07 bits per heavy atom. The molecule has 0 spiro atoms. The van der Waals surface area contributed by atoms with Crippen LogP contribution < -0.4 is 0 Å². The van der Waals surface area contributed by atoms with Crippen LogP contribution in [0.4, 0.5) is 0 Å². The molecule has 1 fully saturated rings. The molecule has 0 radical (unpaired) electrons. The lowest BCUT2D eigenvalue weighted by atomic mass is 10.1. The van der Waals surface area contributed by atoms with Crippen LogP contribution in [0.3, 0.4) is 0 Å². The van der Waals surface area contributed by atoms with Crippen LogP contribution in [0.1, 0.15) is 47.0 Å². The highest BCUT2D eigenvalue weighted by atomic mass is 16.3. The summed E-state index contributed by atoms with van der Waals surface area (Å²) in [7, 11) is 0. The Bertz CT molecular complexity index is 132. The molecule has 1 N–H and O–H groups in total. The smallest absolute Gasteiger partial charge is 0.0499 e. The third-order valence-electron chi connectivity index (χ3n) is 2.84.